The molecule has 0 saturated heterocycles. The van der Waals surface area contributed by atoms with Gasteiger partial charge in [0.05, 0.1) is 16.8 Å². The monoisotopic (exact) mass is 501 g/mol. The number of carbonyl (C=O) groups excluding carboxylic acids is 1. The van der Waals surface area contributed by atoms with Gasteiger partial charge in [-0.25, -0.2) is 22.9 Å². The number of benzene rings is 2. The third-order valence-electron chi connectivity index (χ3n) is 5.71. The van der Waals surface area contributed by atoms with E-state index in [1.165, 1.54) is 30.5 Å². The van der Waals surface area contributed by atoms with Gasteiger partial charge in [-0.05, 0) is 67.1 Å². The lowest BCUT2D eigenvalue weighted by Crippen LogP contribution is -2.16. The van der Waals surface area contributed by atoms with Crippen LogP contribution in [0.25, 0.3) is 28.0 Å². The number of nitrogens with one attached hydrogen (secondary N) is 1. The first-order valence-corrected chi connectivity index (χ1v) is 12.4. The lowest BCUT2D eigenvalue weighted by Gasteiger charge is -2.11. The number of pyridine rings is 2. The molecule has 0 aliphatic carbocycles. The number of sulfonamides is 1. The maximum Gasteiger partial charge on any atom is 0.274 e. The number of imidazole rings is 1. The molecule has 0 aliphatic heterocycles. The molecule has 36 heavy (non-hydrogen) atoms. The van der Waals surface area contributed by atoms with Crippen molar-refractivity contribution >= 4 is 27.3 Å². The summed E-state index contributed by atoms with van der Waals surface area (Å²) in [5.41, 5.74) is 4.59. The van der Waals surface area contributed by atoms with Crippen molar-refractivity contribution in [1.82, 2.24) is 14.4 Å². The number of rotatable bonds is 5. The van der Waals surface area contributed by atoms with E-state index < -0.39 is 15.9 Å². The summed E-state index contributed by atoms with van der Waals surface area (Å²) >= 11 is 0. The SMILES string of the molecule is Cc1cc(-c2ncccc2-c2ccc3ncc(C(=O)Nc4cccc(S(N)(=O)=O)c4)n3c2)ccc1F. The van der Waals surface area contributed by atoms with Crippen LogP contribution in [-0.4, -0.2) is 28.7 Å². The molecule has 2 aromatic carbocycles. The molecule has 0 fully saturated rings. The maximum absolute atomic E-state index is 13.8. The lowest BCUT2D eigenvalue weighted by atomic mass is 9.99. The van der Waals surface area contributed by atoms with Gasteiger partial charge in [-0.2, -0.15) is 0 Å². The second-order valence-electron chi connectivity index (χ2n) is 8.18. The Hall–Kier alpha value is -4.41. The number of carbonyl (C=O) groups is 1. The normalized spacial score (nSPS) is 11.5. The zero-order valence-electron chi connectivity index (χ0n) is 19.0. The van der Waals surface area contributed by atoms with Gasteiger partial charge in [0.15, 0.2) is 0 Å². The molecular formula is C26H20FN5O3S. The van der Waals surface area contributed by atoms with E-state index in [2.05, 4.69) is 15.3 Å². The van der Waals surface area contributed by atoms with E-state index in [-0.39, 0.29) is 22.1 Å². The first-order chi connectivity index (χ1) is 17.2. The summed E-state index contributed by atoms with van der Waals surface area (Å²) in [6, 6.07) is 17.9. The number of anilines is 1. The van der Waals surface area contributed by atoms with Crippen LogP contribution in [0, 0.1) is 12.7 Å². The van der Waals surface area contributed by atoms with E-state index in [0.717, 1.165) is 16.7 Å². The Kier molecular flexibility index (Phi) is 5.83. The predicted molar refractivity (Wildman–Crippen MR) is 134 cm³/mol. The van der Waals surface area contributed by atoms with Gasteiger partial charge in [0.25, 0.3) is 5.91 Å². The van der Waals surface area contributed by atoms with Crippen LogP contribution < -0.4 is 10.5 Å². The molecule has 0 aliphatic rings. The van der Waals surface area contributed by atoms with E-state index in [1.807, 2.05) is 12.1 Å². The molecule has 8 nitrogen and oxygen atoms in total. The molecule has 3 N–H and O–H groups in total. The van der Waals surface area contributed by atoms with Crippen LogP contribution in [0.3, 0.4) is 0 Å². The lowest BCUT2D eigenvalue weighted by molar-refractivity contribution is 0.102. The molecule has 0 bridgehead atoms. The number of fused-ring (bicyclic) bond motifs is 1. The fourth-order valence-corrected chi connectivity index (χ4v) is 4.47. The molecule has 0 atom stereocenters. The molecule has 0 unspecified atom stereocenters. The molecule has 10 heteroatoms. The quantitative estimate of drug-likeness (QED) is 0.370. The number of hydrogen-bond acceptors (Lipinski definition) is 5. The first-order valence-electron chi connectivity index (χ1n) is 10.8. The summed E-state index contributed by atoms with van der Waals surface area (Å²) in [4.78, 5) is 21.8. The van der Waals surface area contributed by atoms with Gasteiger partial charge >= 0.3 is 0 Å². The number of halogens is 1. The van der Waals surface area contributed by atoms with Crippen LogP contribution in [0.1, 0.15) is 16.1 Å². The minimum Gasteiger partial charge on any atom is -0.321 e. The fraction of sp³-hybridized carbons (Fsp3) is 0.0385. The van der Waals surface area contributed by atoms with Crippen LogP contribution >= 0.6 is 0 Å². The minimum atomic E-state index is -3.91. The van der Waals surface area contributed by atoms with Crippen LogP contribution in [-0.2, 0) is 10.0 Å². The number of nitrogens with zero attached hydrogens (tertiary/aromatic N) is 3. The Bertz CT molecular complexity index is 1750. The highest BCUT2D eigenvalue weighted by Gasteiger charge is 2.16. The number of hydrogen-bond donors (Lipinski definition) is 2. The van der Waals surface area contributed by atoms with E-state index in [4.69, 9.17) is 5.14 Å². The Labute approximate surface area is 206 Å². The van der Waals surface area contributed by atoms with Crippen molar-refractivity contribution in [3.05, 3.63) is 102 Å². The van der Waals surface area contributed by atoms with Crippen molar-refractivity contribution in [2.75, 3.05) is 5.32 Å². The Morgan fingerprint density at radius 1 is 1.00 bits per heavy atom. The van der Waals surface area contributed by atoms with Gasteiger partial charge in [0.2, 0.25) is 10.0 Å². The van der Waals surface area contributed by atoms with Crippen LogP contribution in [0.2, 0.25) is 0 Å². The summed E-state index contributed by atoms with van der Waals surface area (Å²) in [6.07, 6.45) is 4.88. The number of aromatic nitrogens is 3. The average Bonchev–Trinajstić information content (AvgIpc) is 3.29. The van der Waals surface area contributed by atoms with Crippen molar-refractivity contribution in [1.29, 1.82) is 0 Å². The van der Waals surface area contributed by atoms with Crippen LogP contribution in [0.15, 0.2) is 90.2 Å². The highest BCUT2D eigenvalue weighted by molar-refractivity contribution is 7.89. The largest absolute Gasteiger partial charge is 0.321 e. The topological polar surface area (TPSA) is 119 Å². The molecular weight excluding hydrogens is 481 g/mol. The second-order valence-corrected chi connectivity index (χ2v) is 9.74. The number of nitrogens with two attached hydrogens (primary N) is 1. The molecule has 0 saturated carbocycles. The molecule has 0 spiro atoms. The minimum absolute atomic E-state index is 0.110. The maximum atomic E-state index is 13.8. The van der Waals surface area contributed by atoms with Crippen molar-refractivity contribution < 1.29 is 17.6 Å². The molecule has 180 valence electrons. The Morgan fingerprint density at radius 3 is 2.58 bits per heavy atom. The fourth-order valence-electron chi connectivity index (χ4n) is 3.91. The number of aryl methyl sites for hydroxylation is 1. The third-order valence-corrected chi connectivity index (χ3v) is 6.62. The Morgan fingerprint density at radius 2 is 1.81 bits per heavy atom. The second kappa shape index (κ2) is 8.99. The van der Waals surface area contributed by atoms with Gasteiger partial charge in [-0.1, -0.05) is 12.1 Å². The van der Waals surface area contributed by atoms with E-state index in [9.17, 15) is 17.6 Å². The van der Waals surface area contributed by atoms with E-state index in [1.54, 1.807) is 54.0 Å². The summed E-state index contributed by atoms with van der Waals surface area (Å²) in [5, 5.41) is 7.88. The van der Waals surface area contributed by atoms with E-state index in [0.29, 0.717) is 16.9 Å². The summed E-state index contributed by atoms with van der Waals surface area (Å²) < 4.78 is 38.7. The van der Waals surface area contributed by atoms with Crippen molar-refractivity contribution in [3.63, 3.8) is 0 Å². The van der Waals surface area contributed by atoms with Gasteiger partial charge in [0, 0.05) is 34.8 Å². The van der Waals surface area contributed by atoms with Crippen molar-refractivity contribution in [3.8, 4) is 22.4 Å². The van der Waals surface area contributed by atoms with Gasteiger partial charge in [-0.15, -0.1) is 0 Å². The zero-order chi connectivity index (χ0) is 25.4. The van der Waals surface area contributed by atoms with Gasteiger partial charge in [-0.3, -0.25) is 14.2 Å². The zero-order valence-corrected chi connectivity index (χ0v) is 19.8. The molecule has 5 aromatic rings. The first kappa shape index (κ1) is 23.3. The predicted octanol–water partition coefficient (Wildman–Crippen LogP) is 4.41. The van der Waals surface area contributed by atoms with Crippen molar-refractivity contribution in [2.24, 2.45) is 5.14 Å². The van der Waals surface area contributed by atoms with Crippen LogP contribution in [0.5, 0.6) is 0 Å². The molecule has 3 heterocycles. The average molecular weight is 502 g/mol. The van der Waals surface area contributed by atoms with E-state index >= 15 is 0 Å². The van der Waals surface area contributed by atoms with Gasteiger partial charge < -0.3 is 5.32 Å². The third kappa shape index (κ3) is 4.47. The Balaban J connectivity index is 1.53. The number of primary sulfonamides is 1. The number of amides is 1. The standard InChI is InChI=1S/C26H20FN5O3S/c1-16-12-17(7-9-22(16)27)25-21(6-3-11-29-25)18-8-10-24-30-14-23(32(24)15-18)26(33)31-19-4-2-5-20(13-19)36(28,34)35/h2-15H,1H3,(H,31,33)(H2,28,34,35). The summed E-state index contributed by atoms with van der Waals surface area (Å²) in [7, 11) is -3.91. The smallest absolute Gasteiger partial charge is 0.274 e. The highest BCUT2D eigenvalue weighted by Crippen LogP contribution is 2.31. The summed E-state index contributed by atoms with van der Waals surface area (Å²) in [6.45, 7) is 1.70. The molecule has 1 amide bonds. The molecule has 3 aromatic heterocycles. The molecule has 0 radical (unpaired) electrons. The highest BCUT2D eigenvalue weighted by atomic mass is 32.2. The summed E-state index contributed by atoms with van der Waals surface area (Å²) in [5.74, 6) is -0.770. The molecule has 5 rings (SSSR count). The van der Waals surface area contributed by atoms with Crippen LogP contribution in [0.4, 0.5) is 10.1 Å². The van der Waals surface area contributed by atoms with Gasteiger partial charge in [0.1, 0.15) is 17.2 Å². The van der Waals surface area contributed by atoms with Crippen molar-refractivity contribution in [2.45, 2.75) is 11.8 Å².